The molecule has 3 heteroatoms. The second-order valence-corrected chi connectivity index (χ2v) is 4.05. The van der Waals surface area contributed by atoms with Crippen molar-refractivity contribution in [2.45, 2.75) is 25.7 Å². The van der Waals surface area contributed by atoms with Gasteiger partial charge in [-0.3, -0.25) is 9.78 Å². The Morgan fingerprint density at radius 2 is 2.12 bits per heavy atom. The van der Waals surface area contributed by atoms with Crippen molar-refractivity contribution in [3.8, 4) is 0 Å². The van der Waals surface area contributed by atoms with E-state index in [1.807, 2.05) is 31.2 Å². The number of rotatable bonds is 5. The second-order valence-electron chi connectivity index (χ2n) is 4.05. The molecule has 0 aliphatic heterocycles. The first-order chi connectivity index (χ1) is 8.27. The number of hydrogen-bond acceptors (Lipinski definition) is 3. The fraction of sp³-hybridized carbons (Fsp3) is 0.286. The number of aryl methyl sites for hydroxylation is 1. The first-order valence-corrected chi connectivity index (χ1v) is 5.72. The van der Waals surface area contributed by atoms with Crippen molar-refractivity contribution in [2.75, 3.05) is 0 Å². The van der Waals surface area contributed by atoms with Crippen LogP contribution in [0.5, 0.6) is 0 Å². The third-order valence-corrected chi connectivity index (χ3v) is 2.89. The van der Waals surface area contributed by atoms with Crippen LogP contribution in [0.3, 0.4) is 0 Å². The molecule has 0 aliphatic rings. The van der Waals surface area contributed by atoms with Gasteiger partial charge in [-0.1, -0.05) is 6.92 Å². The number of ketones is 1. The predicted molar refractivity (Wildman–Crippen MR) is 64.7 cm³/mol. The number of furan rings is 1. The van der Waals surface area contributed by atoms with Gasteiger partial charge in [-0.15, -0.1) is 0 Å². The average molecular weight is 229 g/mol. The SMILES string of the molecule is CC(C(=O)CCc1ccco1)c1ccncc1. The Balaban J connectivity index is 1.92. The summed E-state index contributed by atoms with van der Waals surface area (Å²) in [6.45, 7) is 1.93. The Hall–Kier alpha value is -1.90. The van der Waals surface area contributed by atoms with Crippen LogP contribution in [0.4, 0.5) is 0 Å². The lowest BCUT2D eigenvalue weighted by Crippen LogP contribution is -2.10. The van der Waals surface area contributed by atoms with E-state index in [9.17, 15) is 4.79 Å². The standard InChI is InChI=1S/C14H15NO2/c1-11(12-6-8-15-9-7-12)14(16)5-4-13-3-2-10-17-13/h2-3,6-11H,4-5H2,1H3. The van der Waals surface area contributed by atoms with Gasteiger partial charge in [-0.2, -0.15) is 0 Å². The summed E-state index contributed by atoms with van der Waals surface area (Å²) >= 11 is 0. The molecule has 1 atom stereocenters. The maximum atomic E-state index is 12.0. The molecule has 0 fully saturated rings. The van der Waals surface area contributed by atoms with E-state index in [0.717, 1.165) is 11.3 Å². The zero-order valence-corrected chi connectivity index (χ0v) is 9.80. The molecular formula is C14H15NO2. The highest BCUT2D eigenvalue weighted by molar-refractivity contribution is 5.85. The highest BCUT2D eigenvalue weighted by atomic mass is 16.3. The van der Waals surface area contributed by atoms with Gasteiger partial charge in [-0.05, 0) is 29.8 Å². The van der Waals surface area contributed by atoms with Crippen LogP contribution in [-0.4, -0.2) is 10.8 Å². The molecule has 0 radical (unpaired) electrons. The van der Waals surface area contributed by atoms with Crippen molar-refractivity contribution in [1.82, 2.24) is 4.98 Å². The fourth-order valence-electron chi connectivity index (χ4n) is 1.76. The van der Waals surface area contributed by atoms with E-state index in [4.69, 9.17) is 4.42 Å². The van der Waals surface area contributed by atoms with Crippen LogP contribution in [0.25, 0.3) is 0 Å². The summed E-state index contributed by atoms with van der Waals surface area (Å²) in [7, 11) is 0. The quantitative estimate of drug-likeness (QED) is 0.791. The van der Waals surface area contributed by atoms with Gasteiger partial charge in [0.1, 0.15) is 11.5 Å². The highest BCUT2D eigenvalue weighted by Gasteiger charge is 2.15. The zero-order valence-electron chi connectivity index (χ0n) is 9.80. The van der Waals surface area contributed by atoms with E-state index in [1.54, 1.807) is 18.7 Å². The third-order valence-electron chi connectivity index (χ3n) is 2.89. The lowest BCUT2D eigenvalue weighted by molar-refractivity contribution is -0.120. The number of carbonyl (C=O) groups excluding carboxylic acids is 1. The summed E-state index contributed by atoms with van der Waals surface area (Å²) in [4.78, 5) is 15.9. The van der Waals surface area contributed by atoms with E-state index in [1.165, 1.54) is 0 Å². The molecule has 0 aliphatic carbocycles. The molecule has 0 aromatic carbocycles. The van der Waals surface area contributed by atoms with E-state index >= 15 is 0 Å². The van der Waals surface area contributed by atoms with Crippen molar-refractivity contribution in [2.24, 2.45) is 0 Å². The van der Waals surface area contributed by atoms with Crippen molar-refractivity contribution in [3.05, 3.63) is 54.2 Å². The van der Waals surface area contributed by atoms with E-state index < -0.39 is 0 Å². The minimum absolute atomic E-state index is 0.0760. The smallest absolute Gasteiger partial charge is 0.140 e. The van der Waals surface area contributed by atoms with Crippen molar-refractivity contribution >= 4 is 5.78 Å². The van der Waals surface area contributed by atoms with Crippen LogP contribution in [0.1, 0.15) is 30.6 Å². The first-order valence-electron chi connectivity index (χ1n) is 5.72. The van der Waals surface area contributed by atoms with Crippen LogP contribution in [0.15, 0.2) is 47.3 Å². The molecule has 0 saturated heterocycles. The van der Waals surface area contributed by atoms with Crippen LogP contribution >= 0.6 is 0 Å². The molecule has 88 valence electrons. The Morgan fingerprint density at radius 1 is 1.35 bits per heavy atom. The van der Waals surface area contributed by atoms with Gasteiger partial charge in [0.05, 0.1) is 6.26 Å². The molecule has 3 nitrogen and oxygen atoms in total. The maximum Gasteiger partial charge on any atom is 0.140 e. The van der Waals surface area contributed by atoms with Gasteiger partial charge in [0.2, 0.25) is 0 Å². The van der Waals surface area contributed by atoms with E-state index in [-0.39, 0.29) is 11.7 Å². The molecule has 0 spiro atoms. The predicted octanol–water partition coefficient (Wildman–Crippen LogP) is 2.98. The normalized spacial score (nSPS) is 12.3. The van der Waals surface area contributed by atoms with Crippen LogP contribution in [0.2, 0.25) is 0 Å². The molecule has 0 N–H and O–H groups in total. The van der Waals surface area contributed by atoms with Gasteiger partial charge in [0.15, 0.2) is 0 Å². The minimum atomic E-state index is -0.0760. The van der Waals surface area contributed by atoms with Crippen LogP contribution < -0.4 is 0 Å². The number of aromatic nitrogens is 1. The monoisotopic (exact) mass is 229 g/mol. The van der Waals surface area contributed by atoms with Gasteiger partial charge >= 0.3 is 0 Å². The molecule has 1 unspecified atom stereocenters. The van der Waals surface area contributed by atoms with Gasteiger partial charge in [0.25, 0.3) is 0 Å². The van der Waals surface area contributed by atoms with Gasteiger partial charge in [0, 0.05) is 31.2 Å². The topological polar surface area (TPSA) is 43.1 Å². The highest BCUT2D eigenvalue weighted by Crippen LogP contribution is 2.17. The fourth-order valence-corrected chi connectivity index (χ4v) is 1.76. The summed E-state index contributed by atoms with van der Waals surface area (Å²) in [5.41, 5.74) is 1.02. The summed E-state index contributed by atoms with van der Waals surface area (Å²) in [5.74, 6) is 1.01. The molecule has 2 aromatic rings. The molecule has 0 saturated carbocycles. The second kappa shape index (κ2) is 5.43. The number of Topliss-reactive ketones (excluding diaryl/α,β-unsaturated/α-hetero) is 1. The van der Waals surface area contributed by atoms with Crippen molar-refractivity contribution < 1.29 is 9.21 Å². The molecule has 0 bridgehead atoms. The lowest BCUT2D eigenvalue weighted by Gasteiger charge is -2.09. The average Bonchev–Trinajstić information content (AvgIpc) is 2.89. The maximum absolute atomic E-state index is 12.0. The molecule has 2 rings (SSSR count). The summed E-state index contributed by atoms with van der Waals surface area (Å²) in [5, 5.41) is 0. The summed E-state index contributed by atoms with van der Waals surface area (Å²) in [6.07, 6.45) is 6.24. The number of nitrogens with zero attached hydrogens (tertiary/aromatic N) is 1. The first kappa shape index (κ1) is 11.6. The minimum Gasteiger partial charge on any atom is -0.469 e. The number of carbonyl (C=O) groups is 1. The van der Waals surface area contributed by atoms with Gasteiger partial charge < -0.3 is 4.42 Å². The molecule has 0 amide bonds. The number of hydrogen-bond donors (Lipinski definition) is 0. The lowest BCUT2D eigenvalue weighted by atomic mass is 9.95. The molecule has 2 heterocycles. The molecular weight excluding hydrogens is 214 g/mol. The van der Waals surface area contributed by atoms with Gasteiger partial charge in [-0.25, -0.2) is 0 Å². The largest absolute Gasteiger partial charge is 0.469 e. The summed E-state index contributed by atoms with van der Waals surface area (Å²) in [6, 6.07) is 7.50. The number of pyridine rings is 1. The Labute approximate surface area is 100 Å². The summed E-state index contributed by atoms with van der Waals surface area (Å²) < 4.78 is 5.21. The Bertz CT molecular complexity index is 462. The third kappa shape index (κ3) is 3.03. The van der Waals surface area contributed by atoms with Crippen LogP contribution in [0, 0.1) is 0 Å². The zero-order chi connectivity index (χ0) is 12.1. The van der Waals surface area contributed by atoms with Crippen molar-refractivity contribution in [3.63, 3.8) is 0 Å². The van der Waals surface area contributed by atoms with E-state index in [0.29, 0.717) is 12.8 Å². The molecule has 17 heavy (non-hydrogen) atoms. The Morgan fingerprint density at radius 3 is 2.76 bits per heavy atom. The Kier molecular flexibility index (Phi) is 3.70. The van der Waals surface area contributed by atoms with E-state index in [2.05, 4.69) is 4.98 Å². The van der Waals surface area contributed by atoms with Crippen LogP contribution in [-0.2, 0) is 11.2 Å². The molecule has 2 aromatic heterocycles. The van der Waals surface area contributed by atoms with Crippen molar-refractivity contribution in [1.29, 1.82) is 0 Å².